The average molecular weight is 231 g/mol. The quantitative estimate of drug-likeness (QED) is 0.469. The minimum absolute atomic E-state index is 0.179. The monoisotopic (exact) mass is 230 g/mol. The summed E-state index contributed by atoms with van der Waals surface area (Å²) in [6.45, 7) is 0. The van der Waals surface area contributed by atoms with Gasteiger partial charge in [-0.2, -0.15) is 0 Å². The number of hydrogen-bond donors (Lipinski definition) is 2. The van der Waals surface area contributed by atoms with Gasteiger partial charge in [0.05, 0.1) is 5.75 Å². The van der Waals surface area contributed by atoms with Crippen molar-refractivity contribution in [3.05, 3.63) is 34.9 Å². The number of hydrogen-bond acceptors (Lipinski definition) is 3. The summed E-state index contributed by atoms with van der Waals surface area (Å²) in [6, 6.07) is 7.57. The highest BCUT2D eigenvalue weighted by atomic mass is 35.5. The van der Waals surface area contributed by atoms with Gasteiger partial charge in [-0.15, -0.1) is 11.8 Å². The second-order valence-corrected chi connectivity index (χ2v) is 4.04. The largest absolute Gasteiger partial charge is 0.294 e. The summed E-state index contributed by atoms with van der Waals surface area (Å²) in [6.07, 6.45) is 0. The van der Waals surface area contributed by atoms with Gasteiger partial charge < -0.3 is 0 Å². The van der Waals surface area contributed by atoms with Gasteiger partial charge in [0.25, 0.3) is 0 Å². The highest BCUT2D eigenvalue weighted by molar-refractivity contribution is 7.99. The molecule has 0 spiro atoms. The Kier molecular flexibility index (Phi) is 4.79. The third-order valence-corrected chi connectivity index (χ3v) is 2.96. The summed E-state index contributed by atoms with van der Waals surface area (Å²) >= 11 is 7.41. The third-order valence-electron chi connectivity index (χ3n) is 1.61. The highest BCUT2D eigenvalue weighted by Crippen LogP contribution is 2.20. The van der Waals surface area contributed by atoms with Crippen molar-refractivity contribution < 1.29 is 4.79 Å². The molecule has 5 heteroatoms. The van der Waals surface area contributed by atoms with Crippen molar-refractivity contribution in [1.29, 1.82) is 0 Å². The SMILES string of the molecule is NNC(=O)CSCc1ccccc1Cl. The lowest BCUT2D eigenvalue weighted by Gasteiger charge is -2.02. The zero-order chi connectivity index (χ0) is 10.4. The second kappa shape index (κ2) is 5.90. The van der Waals surface area contributed by atoms with Gasteiger partial charge in [-0.25, -0.2) is 5.84 Å². The summed E-state index contributed by atoms with van der Waals surface area (Å²) < 4.78 is 0. The molecule has 3 nitrogen and oxygen atoms in total. The van der Waals surface area contributed by atoms with Crippen molar-refractivity contribution >= 4 is 29.3 Å². The number of benzene rings is 1. The molecule has 14 heavy (non-hydrogen) atoms. The van der Waals surface area contributed by atoms with Crippen LogP contribution >= 0.6 is 23.4 Å². The summed E-state index contributed by atoms with van der Waals surface area (Å²) in [5.74, 6) is 5.83. The fourth-order valence-electron chi connectivity index (χ4n) is 0.911. The predicted octanol–water partition coefficient (Wildman–Crippen LogP) is 1.56. The molecule has 76 valence electrons. The molecule has 0 aliphatic carbocycles. The molecule has 0 bridgehead atoms. The number of carbonyl (C=O) groups excluding carboxylic acids is 1. The van der Waals surface area contributed by atoms with E-state index >= 15 is 0 Å². The number of nitrogens with two attached hydrogens (primary N) is 1. The van der Waals surface area contributed by atoms with Gasteiger partial charge in [-0.1, -0.05) is 29.8 Å². The van der Waals surface area contributed by atoms with Gasteiger partial charge in [0.2, 0.25) is 5.91 Å². The number of thioether (sulfide) groups is 1. The van der Waals surface area contributed by atoms with E-state index in [9.17, 15) is 4.79 Å². The maximum absolute atomic E-state index is 10.8. The second-order valence-electron chi connectivity index (χ2n) is 2.65. The van der Waals surface area contributed by atoms with E-state index < -0.39 is 0 Å². The Morgan fingerprint density at radius 3 is 2.86 bits per heavy atom. The molecule has 0 radical (unpaired) electrons. The van der Waals surface area contributed by atoms with Gasteiger partial charge in [0.1, 0.15) is 0 Å². The number of halogens is 1. The fraction of sp³-hybridized carbons (Fsp3) is 0.222. The fourth-order valence-corrected chi connectivity index (χ4v) is 2.04. The molecule has 0 saturated heterocycles. The van der Waals surface area contributed by atoms with Crippen LogP contribution in [-0.2, 0) is 10.5 Å². The van der Waals surface area contributed by atoms with Gasteiger partial charge in [0.15, 0.2) is 0 Å². The lowest BCUT2D eigenvalue weighted by atomic mass is 10.2. The van der Waals surface area contributed by atoms with E-state index in [2.05, 4.69) is 5.43 Å². The van der Waals surface area contributed by atoms with Crippen LogP contribution < -0.4 is 11.3 Å². The molecule has 0 heterocycles. The third kappa shape index (κ3) is 3.57. The molecule has 1 aromatic carbocycles. The van der Waals surface area contributed by atoms with E-state index in [4.69, 9.17) is 17.4 Å². The Morgan fingerprint density at radius 2 is 2.21 bits per heavy atom. The normalized spacial score (nSPS) is 9.86. The Bertz CT molecular complexity index is 319. The van der Waals surface area contributed by atoms with Crippen LogP contribution in [-0.4, -0.2) is 11.7 Å². The van der Waals surface area contributed by atoms with E-state index in [0.29, 0.717) is 11.5 Å². The minimum atomic E-state index is -0.179. The van der Waals surface area contributed by atoms with Crippen molar-refractivity contribution in [2.24, 2.45) is 5.84 Å². The van der Waals surface area contributed by atoms with E-state index in [1.807, 2.05) is 24.3 Å². The molecule has 0 aliphatic rings. The van der Waals surface area contributed by atoms with E-state index in [1.54, 1.807) is 0 Å². The smallest absolute Gasteiger partial charge is 0.243 e. The molecule has 0 unspecified atom stereocenters. The predicted molar refractivity (Wildman–Crippen MR) is 59.9 cm³/mol. The summed E-state index contributed by atoms with van der Waals surface area (Å²) in [4.78, 5) is 10.8. The maximum Gasteiger partial charge on any atom is 0.243 e. The molecule has 0 atom stereocenters. The van der Waals surface area contributed by atoms with Crippen LogP contribution in [0.4, 0.5) is 0 Å². The molecule has 1 aromatic rings. The molecular formula is C9H11ClN2OS. The number of amides is 1. The van der Waals surface area contributed by atoms with Crippen LogP contribution in [0.1, 0.15) is 5.56 Å². The maximum atomic E-state index is 10.8. The molecule has 0 fully saturated rings. The van der Waals surface area contributed by atoms with Gasteiger partial charge in [0, 0.05) is 10.8 Å². The van der Waals surface area contributed by atoms with Crippen LogP contribution in [0, 0.1) is 0 Å². The molecule has 3 N–H and O–H groups in total. The van der Waals surface area contributed by atoms with Crippen LogP contribution in [0.3, 0.4) is 0 Å². The van der Waals surface area contributed by atoms with Crippen molar-refractivity contribution in [3.8, 4) is 0 Å². The van der Waals surface area contributed by atoms with E-state index in [-0.39, 0.29) is 5.91 Å². The molecular weight excluding hydrogens is 220 g/mol. The van der Waals surface area contributed by atoms with Crippen LogP contribution in [0.25, 0.3) is 0 Å². The lowest BCUT2D eigenvalue weighted by molar-refractivity contribution is -0.118. The van der Waals surface area contributed by atoms with Crippen molar-refractivity contribution in [3.63, 3.8) is 0 Å². The summed E-state index contributed by atoms with van der Waals surface area (Å²) in [5, 5.41) is 0.730. The van der Waals surface area contributed by atoms with Crippen LogP contribution in [0.2, 0.25) is 5.02 Å². The molecule has 0 saturated carbocycles. The first-order valence-electron chi connectivity index (χ1n) is 4.04. The lowest BCUT2D eigenvalue weighted by Crippen LogP contribution is -2.31. The van der Waals surface area contributed by atoms with E-state index in [1.165, 1.54) is 11.8 Å². The number of nitrogens with one attached hydrogen (secondary N) is 1. The van der Waals surface area contributed by atoms with Crippen molar-refractivity contribution in [2.75, 3.05) is 5.75 Å². The van der Waals surface area contributed by atoms with Gasteiger partial charge >= 0.3 is 0 Å². The zero-order valence-corrected chi connectivity index (χ0v) is 9.07. The highest BCUT2D eigenvalue weighted by Gasteiger charge is 2.01. The van der Waals surface area contributed by atoms with Crippen molar-refractivity contribution in [1.82, 2.24) is 5.43 Å². The first kappa shape index (κ1) is 11.4. The summed E-state index contributed by atoms with van der Waals surface area (Å²) in [7, 11) is 0. The minimum Gasteiger partial charge on any atom is -0.294 e. The molecule has 1 rings (SSSR count). The molecule has 0 aromatic heterocycles. The summed E-state index contributed by atoms with van der Waals surface area (Å²) in [5.41, 5.74) is 3.10. The molecule has 1 amide bonds. The Hall–Kier alpha value is -0.710. The topological polar surface area (TPSA) is 55.1 Å². The molecule has 0 aliphatic heterocycles. The number of carbonyl (C=O) groups is 1. The first-order valence-corrected chi connectivity index (χ1v) is 5.58. The standard InChI is InChI=1S/C9H11ClN2OS/c10-8-4-2-1-3-7(8)5-14-6-9(13)12-11/h1-4H,5-6,11H2,(H,12,13). The average Bonchev–Trinajstić information content (AvgIpc) is 2.20. The van der Waals surface area contributed by atoms with E-state index in [0.717, 1.165) is 10.6 Å². The zero-order valence-electron chi connectivity index (χ0n) is 7.50. The first-order chi connectivity index (χ1) is 6.74. The Morgan fingerprint density at radius 1 is 1.50 bits per heavy atom. The van der Waals surface area contributed by atoms with Crippen LogP contribution in [0.5, 0.6) is 0 Å². The number of hydrazine groups is 1. The van der Waals surface area contributed by atoms with Crippen LogP contribution in [0.15, 0.2) is 24.3 Å². The van der Waals surface area contributed by atoms with Crippen molar-refractivity contribution in [2.45, 2.75) is 5.75 Å². The Balaban J connectivity index is 2.39. The Labute approximate surface area is 92.0 Å². The van der Waals surface area contributed by atoms with Gasteiger partial charge in [-0.3, -0.25) is 10.2 Å². The number of rotatable bonds is 4. The van der Waals surface area contributed by atoms with Gasteiger partial charge in [-0.05, 0) is 11.6 Å².